The van der Waals surface area contributed by atoms with Gasteiger partial charge in [-0.05, 0) is 78.8 Å². The van der Waals surface area contributed by atoms with Crippen LogP contribution in [0.3, 0.4) is 0 Å². The molecule has 6 heteroatoms. The minimum absolute atomic E-state index is 0.203. The van der Waals surface area contributed by atoms with E-state index in [0.717, 1.165) is 41.5 Å². The van der Waals surface area contributed by atoms with E-state index in [9.17, 15) is 8.42 Å². The summed E-state index contributed by atoms with van der Waals surface area (Å²) in [6, 6.07) is 3.91. The molecular formula is C14H21BrN2O2S. The van der Waals surface area contributed by atoms with E-state index in [-0.39, 0.29) is 11.7 Å². The zero-order chi connectivity index (χ0) is 14.8. The molecule has 1 aliphatic rings. The van der Waals surface area contributed by atoms with Crippen LogP contribution < -0.4 is 10.0 Å². The molecule has 0 saturated carbocycles. The van der Waals surface area contributed by atoms with E-state index < -0.39 is 10.0 Å². The van der Waals surface area contributed by atoms with Gasteiger partial charge in [0.25, 0.3) is 0 Å². The predicted octanol–water partition coefficient (Wildman–Crippen LogP) is 2.81. The Hall–Kier alpha value is -0.590. The zero-order valence-corrected chi connectivity index (χ0v) is 14.3. The maximum Gasteiger partial charge on any atom is 0.233 e. The minimum Gasteiger partial charge on any atom is -0.317 e. The van der Waals surface area contributed by atoms with E-state index in [1.54, 1.807) is 0 Å². The number of halogens is 1. The molecule has 1 aromatic carbocycles. The zero-order valence-electron chi connectivity index (χ0n) is 11.9. The van der Waals surface area contributed by atoms with Gasteiger partial charge in [-0.2, -0.15) is 0 Å². The number of piperidine rings is 1. The molecule has 0 bridgehead atoms. The lowest BCUT2D eigenvalue weighted by Gasteiger charge is -2.23. The summed E-state index contributed by atoms with van der Waals surface area (Å²) in [7, 11) is -3.30. The molecular weight excluding hydrogens is 340 g/mol. The van der Waals surface area contributed by atoms with Crippen molar-refractivity contribution in [1.29, 1.82) is 0 Å². The van der Waals surface area contributed by atoms with E-state index in [2.05, 4.69) is 26.0 Å². The first-order valence-corrected chi connectivity index (χ1v) is 9.30. The SMILES string of the molecule is Cc1cc(C)c(NS(=O)(=O)CC2CCNCC2)c(Br)c1. The van der Waals surface area contributed by atoms with Crippen molar-refractivity contribution in [2.45, 2.75) is 26.7 Å². The van der Waals surface area contributed by atoms with Crippen LogP contribution in [0.1, 0.15) is 24.0 Å². The van der Waals surface area contributed by atoms with Crippen LogP contribution in [0.2, 0.25) is 0 Å². The summed E-state index contributed by atoms with van der Waals surface area (Å²) in [5, 5.41) is 3.25. The second kappa shape index (κ2) is 6.45. The smallest absolute Gasteiger partial charge is 0.233 e. The summed E-state index contributed by atoms with van der Waals surface area (Å²) in [5.74, 6) is 0.451. The van der Waals surface area contributed by atoms with E-state index >= 15 is 0 Å². The monoisotopic (exact) mass is 360 g/mol. The van der Waals surface area contributed by atoms with Crippen molar-refractivity contribution in [3.8, 4) is 0 Å². The fourth-order valence-electron chi connectivity index (χ4n) is 2.60. The Morgan fingerprint density at radius 2 is 1.95 bits per heavy atom. The Labute approximate surface area is 129 Å². The maximum absolute atomic E-state index is 12.3. The standard InChI is InChI=1S/C14H21BrN2O2S/c1-10-7-11(2)14(13(15)8-10)17-20(18,19)9-12-3-5-16-6-4-12/h7-8,12,16-17H,3-6,9H2,1-2H3. The van der Waals surface area contributed by atoms with Gasteiger partial charge in [-0.3, -0.25) is 4.72 Å². The molecule has 1 aliphatic heterocycles. The molecule has 0 amide bonds. The number of nitrogens with one attached hydrogen (secondary N) is 2. The van der Waals surface area contributed by atoms with Gasteiger partial charge in [0.05, 0.1) is 11.4 Å². The van der Waals surface area contributed by atoms with Crippen molar-refractivity contribution in [3.05, 3.63) is 27.7 Å². The van der Waals surface area contributed by atoms with Gasteiger partial charge in [-0.15, -0.1) is 0 Å². The van der Waals surface area contributed by atoms with Gasteiger partial charge >= 0.3 is 0 Å². The second-order valence-electron chi connectivity index (χ2n) is 5.52. The molecule has 1 fully saturated rings. The molecule has 1 saturated heterocycles. The molecule has 1 aromatic rings. The lowest BCUT2D eigenvalue weighted by Crippen LogP contribution is -2.33. The Morgan fingerprint density at radius 1 is 1.30 bits per heavy atom. The third-order valence-electron chi connectivity index (χ3n) is 3.60. The summed E-state index contributed by atoms with van der Waals surface area (Å²) >= 11 is 3.44. The van der Waals surface area contributed by atoms with Gasteiger partial charge in [-0.1, -0.05) is 6.07 Å². The number of hydrogen-bond acceptors (Lipinski definition) is 3. The van der Waals surface area contributed by atoms with Crippen LogP contribution in [0.5, 0.6) is 0 Å². The number of hydrogen-bond donors (Lipinski definition) is 2. The Bertz CT molecular complexity index is 558. The highest BCUT2D eigenvalue weighted by Gasteiger charge is 2.22. The van der Waals surface area contributed by atoms with Crippen LogP contribution in [-0.2, 0) is 10.0 Å². The lowest BCUT2D eigenvalue weighted by molar-refractivity contribution is 0.402. The first-order chi connectivity index (χ1) is 9.37. The molecule has 1 heterocycles. The lowest BCUT2D eigenvalue weighted by atomic mass is 10.0. The van der Waals surface area contributed by atoms with Crippen molar-refractivity contribution in [1.82, 2.24) is 5.32 Å². The topological polar surface area (TPSA) is 58.2 Å². The van der Waals surface area contributed by atoms with Gasteiger partial charge in [0.1, 0.15) is 0 Å². The number of rotatable bonds is 4. The van der Waals surface area contributed by atoms with Crippen LogP contribution in [-0.4, -0.2) is 27.3 Å². The molecule has 112 valence electrons. The van der Waals surface area contributed by atoms with Crippen LogP contribution in [0.15, 0.2) is 16.6 Å². The molecule has 2 N–H and O–H groups in total. The molecule has 4 nitrogen and oxygen atoms in total. The van der Waals surface area contributed by atoms with Crippen LogP contribution in [0.4, 0.5) is 5.69 Å². The van der Waals surface area contributed by atoms with Crippen molar-refractivity contribution in [2.24, 2.45) is 5.92 Å². The van der Waals surface area contributed by atoms with E-state index in [1.807, 2.05) is 26.0 Å². The highest BCUT2D eigenvalue weighted by molar-refractivity contribution is 9.10. The second-order valence-corrected chi connectivity index (χ2v) is 8.14. The molecule has 0 spiro atoms. The molecule has 0 unspecified atom stereocenters. The summed E-state index contributed by atoms with van der Waals surface area (Å²) < 4.78 is 28.1. The van der Waals surface area contributed by atoms with Crippen molar-refractivity contribution in [2.75, 3.05) is 23.6 Å². The third kappa shape index (κ3) is 4.20. The molecule has 20 heavy (non-hydrogen) atoms. The molecule has 0 aromatic heterocycles. The molecule has 0 radical (unpaired) electrons. The van der Waals surface area contributed by atoms with Gasteiger partial charge < -0.3 is 5.32 Å². The summed E-state index contributed by atoms with van der Waals surface area (Å²) in [5.41, 5.74) is 2.70. The first-order valence-electron chi connectivity index (χ1n) is 6.85. The maximum atomic E-state index is 12.3. The largest absolute Gasteiger partial charge is 0.317 e. The van der Waals surface area contributed by atoms with Crippen molar-refractivity contribution < 1.29 is 8.42 Å². The summed E-state index contributed by atoms with van der Waals surface area (Å²) in [6.07, 6.45) is 1.85. The Kier molecular flexibility index (Phi) is 5.09. The fourth-order valence-corrected chi connectivity index (χ4v) is 5.12. The number of aryl methyl sites for hydroxylation is 2. The highest BCUT2D eigenvalue weighted by atomic mass is 79.9. The van der Waals surface area contributed by atoms with E-state index in [0.29, 0.717) is 5.69 Å². The quantitative estimate of drug-likeness (QED) is 0.867. The van der Waals surface area contributed by atoms with Crippen molar-refractivity contribution in [3.63, 3.8) is 0 Å². The van der Waals surface area contributed by atoms with Crippen LogP contribution in [0, 0.1) is 19.8 Å². The van der Waals surface area contributed by atoms with Gasteiger partial charge in [0.15, 0.2) is 0 Å². The van der Waals surface area contributed by atoms with E-state index in [4.69, 9.17) is 0 Å². The predicted molar refractivity (Wildman–Crippen MR) is 86.6 cm³/mol. The fraction of sp³-hybridized carbons (Fsp3) is 0.571. The average Bonchev–Trinajstić information content (AvgIpc) is 2.34. The number of benzene rings is 1. The highest BCUT2D eigenvalue weighted by Crippen LogP contribution is 2.29. The van der Waals surface area contributed by atoms with Gasteiger partial charge in [0.2, 0.25) is 10.0 Å². The summed E-state index contributed by atoms with van der Waals surface area (Å²) in [6.45, 7) is 5.73. The Balaban J connectivity index is 2.11. The first kappa shape index (κ1) is 15.8. The third-order valence-corrected chi connectivity index (χ3v) is 5.65. The van der Waals surface area contributed by atoms with E-state index in [1.165, 1.54) is 0 Å². The van der Waals surface area contributed by atoms with Crippen molar-refractivity contribution >= 4 is 31.6 Å². The molecule has 0 aliphatic carbocycles. The van der Waals surface area contributed by atoms with Crippen LogP contribution in [0.25, 0.3) is 0 Å². The minimum atomic E-state index is -3.30. The van der Waals surface area contributed by atoms with Gasteiger partial charge in [-0.25, -0.2) is 8.42 Å². The summed E-state index contributed by atoms with van der Waals surface area (Å²) in [4.78, 5) is 0. The number of sulfonamides is 1. The number of anilines is 1. The van der Waals surface area contributed by atoms with Gasteiger partial charge in [0, 0.05) is 4.47 Å². The molecule has 0 atom stereocenters. The Morgan fingerprint density at radius 3 is 2.55 bits per heavy atom. The molecule has 2 rings (SSSR count). The van der Waals surface area contributed by atoms with Crippen LogP contribution >= 0.6 is 15.9 Å². The normalized spacial score (nSPS) is 17.1. The average molecular weight is 361 g/mol.